The number of rotatable bonds is 5. The Balaban J connectivity index is 1.42. The Morgan fingerprint density at radius 2 is 1.65 bits per heavy atom. The van der Waals surface area contributed by atoms with Crippen LogP contribution in [-0.2, 0) is 4.79 Å². The van der Waals surface area contributed by atoms with Crippen LogP contribution in [0.1, 0.15) is 0 Å². The number of carboxylic acids is 1. The van der Waals surface area contributed by atoms with Crippen LogP contribution in [0.4, 0.5) is 9.52 Å². The summed E-state index contributed by atoms with van der Waals surface area (Å²) in [6.07, 6.45) is 1.93. The number of aliphatic carboxylic acids is 1. The summed E-state index contributed by atoms with van der Waals surface area (Å²) in [5, 5.41) is 11.2. The largest absolute Gasteiger partial charge is 0.481 e. The number of aromatic nitrogens is 2. The number of aromatic amines is 1. The van der Waals surface area contributed by atoms with Gasteiger partial charge in [-0.3, -0.25) is 4.79 Å². The number of halogens is 1. The molecule has 0 bridgehead atoms. The quantitative estimate of drug-likeness (QED) is 0.318. The van der Waals surface area contributed by atoms with E-state index in [1.54, 1.807) is 23.5 Å². The van der Waals surface area contributed by atoms with Gasteiger partial charge in [-0.25, -0.2) is 9.37 Å². The first kappa shape index (κ1) is 20.6. The molecule has 1 saturated heterocycles. The third-order valence-electron chi connectivity index (χ3n) is 6.29. The Morgan fingerprint density at radius 3 is 2.35 bits per heavy atom. The van der Waals surface area contributed by atoms with E-state index in [4.69, 9.17) is 4.98 Å². The van der Waals surface area contributed by atoms with Gasteiger partial charge >= 0.3 is 5.97 Å². The highest BCUT2D eigenvalue weighted by Crippen LogP contribution is 2.44. The van der Waals surface area contributed by atoms with Crippen molar-refractivity contribution in [3.8, 4) is 32.8 Å². The molecule has 6 rings (SSSR count). The minimum atomic E-state index is -0.762. The summed E-state index contributed by atoms with van der Waals surface area (Å²) in [6, 6.07) is 22.8. The number of H-pyrrole nitrogens is 1. The highest BCUT2D eigenvalue weighted by Gasteiger charge is 2.35. The number of nitrogens with zero attached hydrogens (tertiary/aromatic N) is 2. The number of hydrogen-bond donors (Lipinski definition) is 2. The van der Waals surface area contributed by atoms with Crippen molar-refractivity contribution in [1.29, 1.82) is 0 Å². The molecule has 0 spiro atoms. The number of carboxylic acid groups (broad SMARTS) is 1. The maximum atomic E-state index is 13.3. The normalized spacial score (nSPS) is 13.9. The monoisotopic (exact) mass is 469 g/mol. The fourth-order valence-corrected chi connectivity index (χ4v) is 5.51. The molecule has 0 aliphatic carbocycles. The molecule has 168 valence electrons. The summed E-state index contributed by atoms with van der Waals surface area (Å²) in [4.78, 5) is 22.6. The van der Waals surface area contributed by atoms with Gasteiger partial charge in [-0.15, -0.1) is 0 Å². The second kappa shape index (κ2) is 8.11. The van der Waals surface area contributed by atoms with Gasteiger partial charge in [0.1, 0.15) is 5.82 Å². The van der Waals surface area contributed by atoms with E-state index in [1.807, 2.05) is 47.5 Å². The van der Waals surface area contributed by atoms with Crippen molar-refractivity contribution in [2.24, 2.45) is 5.92 Å². The van der Waals surface area contributed by atoms with Crippen molar-refractivity contribution < 1.29 is 14.3 Å². The maximum absolute atomic E-state index is 13.3. The summed E-state index contributed by atoms with van der Waals surface area (Å²) in [7, 11) is 0. The van der Waals surface area contributed by atoms with E-state index >= 15 is 0 Å². The predicted molar refractivity (Wildman–Crippen MR) is 134 cm³/mol. The van der Waals surface area contributed by atoms with E-state index in [1.165, 1.54) is 12.1 Å². The number of anilines is 1. The first-order valence-corrected chi connectivity index (χ1v) is 11.8. The van der Waals surface area contributed by atoms with Gasteiger partial charge in [0.05, 0.1) is 16.5 Å². The Hall–Kier alpha value is -3.97. The SMILES string of the molecule is O=C(O)C1CN(c2nc(-c3ccc(-c4ccc(F)cc4)cc3)c(-c3cccc4[nH]ccc34)s2)C1. The topological polar surface area (TPSA) is 69.2 Å². The molecular formula is C27H20FN3O2S. The molecule has 2 aromatic heterocycles. The van der Waals surface area contributed by atoms with Crippen LogP contribution < -0.4 is 4.90 Å². The van der Waals surface area contributed by atoms with Crippen molar-refractivity contribution in [3.63, 3.8) is 0 Å². The molecule has 0 saturated carbocycles. The lowest BCUT2D eigenvalue weighted by Gasteiger charge is -2.36. The van der Waals surface area contributed by atoms with Gasteiger partial charge in [-0.05, 0) is 35.4 Å². The fraction of sp³-hybridized carbons (Fsp3) is 0.111. The van der Waals surface area contributed by atoms with Gasteiger partial charge in [-0.1, -0.05) is 59.9 Å². The van der Waals surface area contributed by atoms with Crippen molar-refractivity contribution in [1.82, 2.24) is 9.97 Å². The Labute approximate surface area is 199 Å². The Bertz CT molecular complexity index is 1500. The number of fused-ring (bicyclic) bond motifs is 1. The number of nitrogens with one attached hydrogen (secondary N) is 1. The average Bonchev–Trinajstić information content (AvgIpc) is 3.46. The molecule has 1 fully saturated rings. The second-order valence-electron chi connectivity index (χ2n) is 8.44. The summed E-state index contributed by atoms with van der Waals surface area (Å²) >= 11 is 1.59. The van der Waals surface area contributed by atoms with E-state index in [-0.39, 0.29) is 11.7 Å². The van der Waals surface area contributed by atoms with Crippen LogP contribution in [0.3, 0.4) is 0 Å². The minimum Gasteiger partial charge on any atom is -0.481 e. The number of benzene rings is 3. The van der Waals surface area contributed by atoms with Crippen molar-refractivity contribution >= 4 is 33.3 Å². The lowest BCUT2D eigenvalue weighted by molar-refractivity contribution is -0.142. The molecular weight excluding hydrogens is 449 g/mol. The first-order chi connectivity index (χ1) is 16.6. The van der Waals surface area contributed by atoms with Gasteiger partial charge in [0.25, 0.3) is 0 Å². The molecule has 0 amide bonds. The second-order valence-corrected chi connectivity index (χ2v) is 9.42. The predicted octanol–water partition coefficient (Wildman–Crippen LogP) is 6.29. The van der Waals surface area contributed by atoms with E-state index in [2.05, 4.69) is 17.1 Å². The zero-order valence-electron chi connectivity index (χ0n) is 18.0. The molecule has 5 nitrogen and oxygen atoms in total. The standard InChI is InChI=1S/C27H20FN3O2S/c28-20-10-8-17(9-11-20)16-4-6-18(7-5-16)24-25(22-2-1-3-23-21(22)12-13-29-23)34-27(30-24)31-14-19(15-31)26(32)33/h1-13,19,29H,14-15H2,(H,32,33). The van der Waals surface area contributed by atoms with Gasteiger partial charge < -0.3 is 15.0 Å². The maximum Gasteiger partial charge on any atom is 0.310 e. The molecule has 1 aliphatic heterocycles. The third-order valence-corrected chi connectivity index (χ3v) is 7.44. The van der Waals surface area contributed by atoms with Crippen LogP contribution in [0, 0.1) is 11.7 Å². The molecule has 2 N–H and O–H groups in total. The molecule has 34 heavy (non-hydrogen) atoms. The number of thiazole rings is 1. The zero-order chi connectivity index (χ0) is 23.2. The fourth-order valence-electron chi connectivity index (χ4n) is 4.36. The average molecular weight is 470 g/mol. The number of carbonyl (C=O) groups is 1. The summed E-state index contributed by atoms with van der Waals surface area (Å²) in [6.45, 7) is 0.944. The third kappa shape index (κ3) is 3.54. The molecule has 0 radical (unpaired) electrons. The molecule has 0 unspecified atom stereocenters. The zero-order valence-corrected chi connectivity index (χ0v) is 18.8. The van der Waals surface area contributed by atoms with Crippen LogP contribution in [0.5, 0.6) is 0 Å². The smallest absolute Gasteiger partial charge is 0.310 e. The van der Waals surface area contributed by atoms with Crippen LogP contribution in [0.15, 0.2) is 79.0 Å². The summed E-state index contributed by atoms with van der Waals surface area (Å²) in [5.41, 5.74) is 5.95. The molecule has 1 aliphatic rings. The highest BCUT2D eigenvalue weighted by molar-refractivity contribution is 7.19. The minimum absolute atomic E-state index is 0.255. The van der Waals surface area contributed by atoms with E-state index in [0.29, 0.717) is 13.1 Å². The van der Waals surface area contributed by atoms with Crippen LogP contribution in [-0.4, -0.2) is 34.1 Å². The molecule has 7 heteroatoms. The number of hydrogen-bond acceptors (Lipinski definition) is 4. The lowest BCUT2D eigenvalue weighted by Crippen LogP contribution is -2.50. The Morgan fingerprint density at radius 1 is 0.971 bits per heavy atom. The molecule has 0 atom stereocenters. The van der Waals surface area contributed by atoms with E-state index in [0.717, 1.165) is 48.9 Å². The van der Waals surface area contributed by atoms with Crippen molar-refractivity contribution in [2.45, 2.75) is 0 Å². The van der Waals surface area contributed by atoms with Crippen molar-refractivity contribution in [2.75, 3.05) is 18.0 Å². The van der Waals surface area contributed by atoms with E-state index in [9.17, 15) is 14.3 Å². The van der Waals surface area contributed by atoms with Gasteiger partial charge in [-0.2, -0.15) is 0 Å². The summed E-state index contributed by atoms with van der Waals surface area (Å²) < 4.78 is 13.3. The molecule has 3 heterocycles. The van der Waals surface area contributed by atoms with Crippen molar-refractivity contribution in [3.05, 3.63) is 84.8 Å². The van der Waals surface area contributed by atoms with Crippen LogP contribution in [0.25, 0.3) is 43.7 Å². The van der Waals surface area contributed by atoms with Gasteiger partial charge in [0.2, 0.25) is 0 Å². The molecule has 5 aromatic rings. The van der Waals surface area contributed by atoms with Crippen LogP contribution >= 0.6 is 11.3 Å². The lowest BCUT2D eigenvalue weighted by atomic mass is 10.0. The van der Waals surface area contributed by atoms with Gasteiger partial charge in [0.15, 0.2) is 5.13 Å². The van der Waals surface area contributed by atoms with Crippen LogP contribution in [0.2, 0.25) is 0 Å². The summed E-state index contributed by atoms with van der Waals surface area (Å²) in [5.74, 6) is -1.37. The highest BCUT2D eigenvalue weighted by atomic mass is 32.1. The first-order valence-electron chi connectivity index (χ1n) is 11.0. The Kier molecular flexibility index (Phi) is 4.92. The molecule has 3 aromatic carbocycles. The van der Waals surface area contributed by atoms with E-state index < -0.39 is 5.97 Å². The van der Waals surface area contributed by atoms with Gasteiger partial charge in [0, 0.05) is 41.3 Å².